The van der Waals surface area contributed by atoms with Gasteiger partial charge in [0.15, 0.2) is 0 Å². The summed E-state index contributed by atoms with van der Waals surface area (Å²) in [4.78, 5) is 0. The van der Waals surface area contributed by atoms with Crippen molar-refractivity contribution in [1.82, 2.24) is 2.79 Å². The van der Waals surface area contributed by atoms with Crippen LogP contribution in [0.2, 0.25) is 0 Å². The average molecular weight is 458 g/mol. The molecule has 0 saturated heterocycles. The Bertz CT molecular complexity index is 830. The Morgan fingerprint density at radius 1 is 0.444 bits per heavy atom. The molecule has 0 radical (unpaired) electrons. The van der Waals surface area contributed by atoms with Crippen molar-refractivity contribution in [2.24, 2.45) is 0 Å². The van der Waals surface area contributed by atoms with Gasteiger partial charge in [-0.2, -0.15) is 0 Å². The average Bonchev–Trinajstić information content (AvgIpc) is 3.26. The molecule has 0 spiro atoms. The molecule has 27 heavy (non-hydrogen) atoms. The predicted octanol–water partition coefficient (Wildman–Crippen LogP) is 5.63. The van der Waals surface area contributed by atoms with Crippen molar-refractivity contribution >= 4 is 18.7 Å². The van der Waals surface area contributed by atoms with Crippen molar-refractivity contribution < 1.29 is 0 Å². The molecule has 0 atom stereocenters. The predicted molar refractivity (Wildman–Crippen MR) is 116 cm³/mol. The summed E-state index contributed by atoms with van der Waals surface area (Å²) in [6.45, 7) is 0. The molecule has 0 saturated carbocycles. The molecule has 0 aliphatic carbocycles. The van der Waals surface area contributed by atoms with Gasteiger partial charge in [-0.15, -0.1) is 0 Å². The number of nitrogens with zero attached hydrogens (tertiary/aromatic N) is 1. The summed E-state index contributed by atoms with van der Waals surface area (Å²) in [6.07, 6.45) is 4.62. The first-order chi connectivity index (χ1) is 13.3. The molecule has 0 fully saturated rings. The molecular weight excluding hydrogens is 433 g/mol. The van der Waals surface area contributed by atoms with Crippen molar-refractivity contribution in [3.63, 3.8) is 0 Å². The van der Waals surface area contributed by atoms with E-state index in [0.29, 0.717) is 0 Å². The van der Waals surface area contributed by atoms with Gasteiger partial charge in [0.2, 0.25) is 0 Å². The van der Waals surface area contributed by atoms with Crippen LogP contribution in [0, 0.1) is 0 Å². The molecule has 0 bridgehead atoms. The maximum absolute atomic E-state index is 2.89. The first-order valence-corrected chi connectivity index (χ1v) is 16.9. The summed E-state index contributed by atoms with van der Waals surface area (Å²) in [5.41, 5.74) is 4.40. The number of aromatic nitrogens is 1. The van der Waals surface area contributed by atoms with Crippen molar-refractivity contribution in [2.45, 2.75) is 13.3 Å². The molecule has 4 rings (SSSR count). The standard InChI is InChI=1S/3C7H7.C4H4N.Sn/c3*1-7-5-3-2-4-6-7;1-2-4-5-3-1;/h3*2-6H,1H2;1-4H;/q;;;-1;+1. The molecule has 0 unspecified atom stereocenters. The van der Waals surface area contributed by atoms with Crippen LogP contribution in [0.15, 0.2) is 116 Å². The zero-order chi connectivity index (χ0) is 18.4. The minimum atomic E-state index is -2.89. The number of rotatable bonds is 7. The van der Waals surface area contributed by atoms with Crippen molar-refractivity contribution in [3.05, 3.63) is 132 Å². The quantitative estimate of drug-likeness (QED) is 0.317. The second-order valence-corrected chi connectivity index (χ2v) is 18.8. The molecule has 3 aromatic carbocycles. The van der Waals surface area contributed by atoms with Gasteiger partial charge >= 0.3 is 167 Å². The molecule has 1 aromatic heterocycles. The third-order valence-electron chi connectivity index (χ3n) is 5.28. The number of hydrogen-bond donors (Lipinski definition) is 0. The molecule has 0 aliphatic heterocycles. The summed E-state index contributed by atoms with van der Waals surface area (Å²) in [5, 5.41) is 0. The normalized spacial score (nSPS) is 11.4. The van der Waals surface area contributed by atoms with Crippen LogP contribution in [0.25, 0.3) is 0 Å². The first kappa shape index (κ1) is 18.1. The fourth-order valence-corrected chi connectivity index (χ4v) is 17.5. The summed E-state index contributed by atoms with van der Waals surface area (Å²) in [7, 11) is 0. The van der Waals surface area contributed by atoms with E-state index >= 15 is 0 Å². The van der Waals surface area contributed by atoms with Crippen LogP contribution < -0.4 is 0 Å². The first-order valence-electron chi connectivity index (χ1n) is 9.59. The van der Waals surface area contributed by atoms with Crippen LogP contribution >= 0.6 is 0 Å². The van der Waals surface area contributed by atoms with Crippen LogP contribution in [0.5, 0.6) is 0 Å². The van der Waals surface area contributed by atoms with E-state index in [2.05, 4.69) is 118 Å². The molecule has 2 heteroatoms. The van der Waals surface area contributed by atoms with Gasteiger partial charge in [-0.1, -0.05) is 0 Å². The van der Waals surface area contributed by atoms with Gasteiger partial charge in [0.05, 0.1) is 0 Å². The Balaban J connectivity index is 1.79. The van der Waals surface area contributed by atoms with Crippen LogP contribution in [0.4, 0.5) is 0 Å². The molecule has 1 nitrogen and oxygen atoms in total. The van der Waals surface area contributed by atoms with E-state index < -0.39 is 18.7 Å². The van der Waals surface area contributed by atoms with E-state index in [-0.39, 0.29) is 0 Å². The third kappa shape index (κ3) is 4.53. The molecule has 0 aliphatic rings. The van der Waals surface area contributed by atoms with E-state index in [9.17, 15) is 0 Å². The minimum absolute atomic E-state index is 1.20. The summed E-state index contributed by atoms with van der Waals surface area (Å²) >= 11 is -2.89. The molecule has 134 valence electrons. The second-order valence-electron chi connectivity index (χ2n) is 7.30. The monoisotopic (exact) mass is 459 g/mol. The van der Waals surface area contributed by atoms with Crippen molar-refractivity contribution in [1.29, 1.82) is 0 Å². The summed E-state index contributed by atoms with van der Waals surface area (Å²) < 4.78 is 6.23. The third-order valence-corrected chi connectivity index (χ3v) is 18.4. The number of benzene rings is 3. The van der Waals surface area contributed by atoms with E-state index in [0.717, 1.165) is 0 Å². The van der Waals surface area contributed by atoms with Gasteiger partial charge in [-0.25, -0.2) is 0 Å². The Hall–Kier alpha value is -2.26. The van der Waals surface area contributed by atoms with E-state index in [1.54, 1.807) is 0 Å². The summed E-state index contributed by atoms with van der Waals surface area (Å²) in [6, 6.07) is 37.5. The fourth-order valence-electron chi connectivity index (χ4n) is 4.04. The van der Waals surface area contributed by atoms with Crippen LogP contribution in [0.1, 0.15) is 16.7 Å². The second kappa shape index (κ2) is 8.62. The van der Waals surface area contributed by atoms with E-state index in [1.807, 2.05) is 0 Å². The maximum atomic E-state index is 2.63. The van der Waals surface area contributed by atoms with Gasteiger partial charge in [0.1, 0.15) is 0 Å². The Labute approximate surface area is 166 Å². The van der Waals surface area contributed by atoms with Crippen LogP contribution in [-0.4, -0.2) is 21.4 Å². The molecule has 0 amide bonds. The van der Waals surface area contributed by atoms with Crippen molar-refractivity contribution in [2.75, 3.05) is 0 Å². The van der Waals surface area contributed by atoms with Gasteiger partial charge in [-0.05, 0) is 0 Å². The molecular formula is C25H25NSn. The number of hydrogen-bond acceptors (Lipinski definition) is 0. The van der Waals surface area contributed by atoms with Crippen LogP contribution in [-0.2, 0) is 13.3 Å². The zero-order valence-corrected chi connectivity index (χ0v) is 18.4. The SMILES string of the molecule is c1ccc([CH2][Sn]([CH2]c2ccccc2)([CH2]c2ccccc2)[n]2cccc2)cc1. The Morgan fingerprint density at radius 2 is 0.778 bits per heavy atom. The van der Waals surface area contributed by atoms with Gasteiger partial charge in [0, 0.05) is 0 Å². The van der Waals surface area contributed by atoms with Gasteiger partial charge < -0.3 is 0 Å². The van der Waals surface area contributed by atoms with Gasteiger partial charge in [-0.3, -0.25) is 0 Å². The zero-order valence-electron chi connectivity index (χ0n) is 15.5. The van der Waals surface area contributed by atoms with Gasteiger partial charge in [0.25, 0.3) is 0 Å². The topological polar surface area (TPSA) is 4.93 Å². The van der Waals surface area contributed by atoms with E-state index in [1.165, 1.54) is 30.0 Å². The van der Waals surface area contributed by atoms with Crippen LogP contribution in [0.3, 0.4) is 0 Å². The molecule has 1 heterocycles. The summed E-state index contributed by atoms with van der Waals surface area (Å²) in [5.74, 6) is 0. The Morgan fingerprint density at radius 3 is 1.11 bits per heavy atom. The van der Waals surface area contributed by atoms with Crippen molar-refractivity contribution in [3.8, 4) is 0 Å². The molecule has 4 aromatic rings. The fraction of sp³-hybridized carbons (Fsp3) is 0.120. The Kier molecular flexibility index (Phi) is 5.78. The van der Waals surface area contributed by atoms with E-state index in [4.69, 9.17) is 0 Å². The molecule has 0 N–H and O–H groups in total.